The largest absolute Gasteiger partial charge is 0.474 e. The Labute approximate surface area is 198 Å². The summed E-state index contributed by atoms with van der Waals surface area (Å²) >= 11 is 0. The number of anilines is 2. The highest BCUT2D eigenvalue weighted by molar-refractivity contribution is 6.04. The fourth-order valence-corrected chi connectivity index (χ4v) is 3.16. The number of benzene rings is 3. The molecule has 0 aliphatic heterocycles. The van der Waals surface area contributed by atoms with Crippen molar-refractivity contribution in [2.45, 2.75) is 39.2 Å². The summed E-state index contributed by atoms with van der Waals surface area (Å²) in [7, 11) is 0. The molecule has 0 heterocycles. The van der Waals surface area contributed by atoms with Gasteiger partial charge in [-0.05, 0) is 60.4 Å². The highest BCUT2D eigenvalue weighted by Crippen LogP contribution is 2.27. The molecule has 0 radical (unpaired) electrons. The third-order valence-electron chi connectivity index (χ3n) is 5.16. The zero-order chi connectivity index (χ0) is 24.9. The molecule has 1 unspecified atom stereocenters. The van der Waals surface area contributed by atoms with Gasteiger partial charge in [-0.3, -0.25) is 19.7 Å². The second-order valence-electron chi connectivity index (χ2n) is 8.83. The molecule has 0 saturated heterocycles. The van der Waals surface area contributed by atoms with E-state index in [4.69, 9.17) is 4.74 Å². The van der Waals surface area contributed by atoms with Gasteiger partial charge >= 0.3 is 5.69 Å². The molecule has 0 bridgehead atoms. The molecule has 0 saturated carbocycles. The van der Waals surface area contributed by atoms with Crippen molar-refractivity contribution >= 4 is 28.9 Å². The quantitative estimate of drug-likeness (QED) is 0.354. The summed E-state index contributed by atoms with van der Waals surface area (Å²) in [6, 6.07) is 20.0. The maximum absolute atomic E-state index is 12.5. The van der Waals surface area contributed by atoms with Gasteiger partial charge in [0.2, 0.25) is 0 Å². The highest BCUT2D eigenvalue weighted by Gasteiger charge is 2.21. The van der Waals surface area contributed by atoms with Gasteiger partial charge in [0.1, 0.15) is 0 Å². The predicted octanol–water partition coefficient (Wildman–Crippen LogP) is 5.55. The van der Waals surface area contributed by atoms with Crippen LogP contribution in [0, 0.1) is 10.1 Å². The molecule has 0 spiro atoms. The highest BCUT2D eigenvalue weighted by atomic mass is 16.6. The van der Waals surface area contributed by atoms with Crippen LogP contribution in [0.1, 0.15) is 43.6 Å². The number of carbonyl (C=O) groups excluding carboxylic acids is 2. The van der Waals surface area contributed by atoms with Crippen molar-refractivity contribution in [2.75, 3.05) is 10.6 Å². The molecule has 3 rings (SSSR count). The Morgan fingerprint density at radius 1 is 0.882 bits per heavy atom. The third-order valence-corrected chi connectivity index (χ3v) is 5.16. The standard InChI is InChI=1S/C26H27N3O5/c1-17(34-23-8-6-5-7-22(23)29(32)33)24(30)27-20-13-15-21(16-14-20)28-25(31)18-9-11-19(12-10-18)26(2,3)4/h5-17H,1-4H3,(H,27,30)(H,28,31). The van der Waals surface area contributed by atoms with Gasteiger partial charge in [-0.2, -0.15) is 0 Å². The first kappa shape index (κ1) is 24.4. The van der Waals surface area contributed by atoms with Crippen molar-refractivity contribution in [3.63, 3.8) is 0 Å². The summed E-state index contributed by atoms with van der Waals surface area (Å²) in [5.41, 5.74) is 2.56. The summed E-state index contributed by atoms with van der Waals surface area (Å²) in [6.07, 6.45) is -0.962. The van der Waals surface area contributed by atoms with E-state index in [1.54, 1.807) is 42.5 Å². The van der Waals surface area contributed by atoms with Crippen molar-refractivity contribution < 1.29 is 19.2 Å². The minimum absolute atomic E-state index is 0.00756. The Morgan fingerprint density at radius 2 is 1.44 bits per heavy atom. The molecular weight excluding hydrogens is 434 g/mol. The molecule has 8 nitrogen and oxygen atoms in total. The number of nitro groups is 1. The molecule has 2 amide bonds. The maximum Gasteiger partial charge on any atom is 0.310 e. The number of ether oxygens (including phenoxy) is 1. The molecule has 3 aromatic rings. The van der Waals surface area contributed by atoms with Crippen LogP contribution in [-0.2, 0) is 10.2 Å². The van der Waals surface area contributed by atoms with E-state index >= 15 is 0 Å². The van der Waals surface area contributed by atoms with Crippen molar-refractivity contribution in [3.8, 4) is 5.75 Å². The van der Waals surface area contributed by atoms with Gasteiger partial charge in [-0.15, -0.1) is 0 Å². The average molecular weight is 462 g/mol. The van der Waals surface area contributed by atoms with Gasteiger partial charge in [-0.1, -0.05) is 45.0 Å². The molecule has 176 valence electrons. The lowest BCUT2D eigenvalue weighted by atomic mass is 9.87. The van der Waals surface area contributed by atoms with Crippen molar-refractivity contribution in [1.29, 1.82) is 0 Å². The van der Waals surface area contributed by atoms with E-state index < -0.39 is 16.9 Å². The first-order chi connectivity index (χ1) is 16.0. The number of nitro benzene ring substituents is 1. The summed E-state index contributed by atoms with van der Waals surface area (Å²) < 4.78 is 5.48. The molecule has 0 aromatic heterocycles. The number of amides is 2. The molecule has 8 heteroatoms. The van der Waals surface area contributed by atoms with Crippen LogP contribution in [0.25, 0.3) is 0 Å². The molecule has 1 atom stereocenters. The second-order valence-corrected chi connectivity index (χ2v) is 8.83. The van der Waals surface area contributed by atoms with Crippen LogP contribution in [0.3, 0.4) is 0 Å². The number of para-hydroxylation sites is 2. The smallest absolute Gasteiger partial charge is 0.310 e. The third kappa shape index (κ3) is 6.19. The number of nitrogens with one attached hydrogen (secondary N) is 2. The van der Waals surface area contributed by atoms with Gasteiger partial charge in [-0.25, -0.2) is 0 Å². The van der Waals surface area contributed by atoms with E-state index in [2.05, 4.69) is 31.4 Å². The van der Waals surface area contributed by atoms with E-state index in [1.165, 1.54) is 25.1 Å². The first-order valence-electron chi connectivity index (χ1n) is 10.8. The summed E-state index contributed by atoms with van der Waals surface area (Å²) in [5.74, 6) is -0.679. The molecule has 2 N–H and O–H groups in total. The van der Waals surface area contributed by atoms with Crippen molar-refractivity contribution in [2.24, 2.45) is 0 Å². The van der Waals surface area contributed by atoms with Crippen LogP contribution in [0.4, 0.5) is 17.1 Å². The Balaban J connectivity index is 1.58. The lowest BCUT2D eigenvalue weighted by Gasteiger charge is -2.19. The molecule has 0 fully saturated rings. The van der Waals surface area contributed by atoms with Crippen molar-refractivity contribution in [3.05, 3.63) is 94.0 Å². The second kappa shape index (κ2) is 10.2. The topological polar surface area (TPSA) is 111 Å². The SMILES string of the molecule is CC(Oc1ccccc1[N+](=O)[O-])C(=O)Nc1ccc(NC(=O)c2ccc(C(C)(C)C)cc2)cc1. The Kier molecular flexibility index (Phi) is 7.31. The van der Waals surface area contributed by atoms with Gasteiger partial charge < -0.3 is 15.4 Å². The van der Waals surface area contributed by atoms with E-state index in [-0.39, 0.29) is 22.8 Å². The van der Waals surface area contributed by atoms with Crippen LogP contribution >= 0.6 is 0 Å². The molecule has 3 aromatic carbocycles. The number of rotatable bonds is 7. The lowest BCUT2D eigenvalue weighted by molar-refractivity contribution is -0.386. The summed E-state index contributed by atoms with van der Waals surface area (Å²) in [5, 5.41) is 16.6. The van der Waals surface area contributed by atoms with Crippen LogP contribution in [0.5, 0.6) is 5.75 Å². The summed E-state index contributed by atoms with van der Waals surface area (Å²) in [6.45, 7) is 7.84. The first-order valence-corrected chi connectivity index (χ1v) is 10.8. The van der Waals surface area contributed by atoms with Gasteiger partial charge in [0.05, 0.1) is 4.92 Å². The fourth-order valence-electron chi connectivity index (χ4n) is 3.16. The van der Waals surface area contributed by atoms with Crippen molar-refractivity contribution in [1.82, 2.24) is 0 Å². The van der Waals surface area contributed by atoms with Gasteiger partial charge in [0, 0.05) is 23.0 Å². The number of nitrogens with zero attached hydrogens (tertiary/aromatic N) is 1. The maximum atomic E-state index is 12.5. The van der Waals surface area contributed by atoms with E-state index in [0.29, 0.717) is 16.9 Å². The average Bonchev–Trinajstić information content (AvgIpc) is 2.80. The monoisotopic (exact) mass is 461 g/mol. The van der Waals surface area contributed by atoms with Crippen LogP contribution < -0.4 is 15.4 Å². The number of hydrogen-bond donors (Lipinski definition) is 2. The predicted molar refractivity (Wildman–Crippen MR) is 131 cm³/mol. The number of carbonyl (C=O) groups is 2. The molecule has 34 heavy (non-hydrogen) atoms. The van der Waals surface area contributed by atoms with Crippen LogP contribution in [0.15, 0.2) is 72.8 Å². The van der Waals surface area contributed by atoms with Crippen LogP contribution in [-0.4, -0.2) is 22.8 Å². The normalized spacial score (nSPS) is 11.9. The number of hydrogen-bond acceptors (Lipinski definition) is 5. The molecular formula is C26H27N3O5. The van der Waals surface area contributed by atoms with E-state index in [0.717, 1.165) is 5.56 Å². The van der Waals surface area contributed by atoms with E-state index in [1.807, 2.05) is 12.1 Å². The Bertz CT molecular complexity index is 1180. The van der Waals surface area contributed by atoms with Crippen LogP contribution in [0.2, 0.25) is 0 Å². The lowest BCUT2D eigenvalue weighted by Crippen LogP contribution is -2.30. The zero-order valence-corrected chi connectivity index (χ0v) is 19.5. The van der Waals surface area contributed by atoms with Gasteiger partial charge in [0.25, 0.3) is 11.8 Å². The minimum Gasteiger partial charge on any atom is -0.474 e. The fraction of sp³-hybridized carbons (Fsp3) is 0.231. The van der Waals surface area contributed by atoms with E-state index in [9.17, 15) is 19.7 Å². The Hall–Kier alpha value is -4.20. The summed E-state index contributed by atoms with van der Waals surface area (Å²) in [4.78, 5) is 35.5. The van der Waals surface area contributed by atoms with Gasteiger partial charge in [0.15, 0.2) is 11.9 Å². The molecule has 0 aliphatic rings. The minimum atomic E-state index is -0.962. The molecule has 0 aliphatic carbocycles. The zero-order valence-electron chi connectivity index (χ0n) is 19.5. The Morgan fingerprint density at radius 3 is 2.00 bits per heavy atom.